The molecule has 2 aromatic rings. The first kappa shape index (κ1) is 15.9. The lowest BCUT2D eigenvalue weighted by Gasteiger charge is -2.17. The molecule has 23 heavy (non-hydrogen) atoms. The van der Waals surface area contributed by atoms with Gasteiger partial charge in [-0.05, 0) is 19.1 Å². The van der Waals surface area contributed by atoms with Gasteiger partial charge < -0.3 is 5.11 Å². The van der Waals surface area contributed by atoms with Crippen molar-refractivity contribution in [2.75, 3.05) is 0 Å². The van der Waals surface area contributed by atoms with Crippen LogP contribution in [-0.2, 0) is 4.79 Å². The molecule has 8 heteroatoms. The Labute approximate surface area is 130 Å². The Hall–Kier alpha value is -3.47. The van der Waals surface area contributed by atoms with Gasteiger partial charge in [0.15, 0.2) is 0 Å². The number of carboxylic acids is 1. The Morgan fingerprint density at radius 1 is 1.39 bits per heavy atom. The summed E-state index contributed by atoms with van der Waals surface area (Å²) < 4.78 is 0.944. The second-order valence-corrected chi connectivity index (χ2v) is 4.74. The molecule has 0 saturated heterocycles. The van der Waals surface area contributed by atoms with Crippen LogP contribution in [0.1, 0.15) is 18.5 Å². The number of nitrogens with zero attached hydrogens (tertiary/aromatic N) is 3. The van der Waals surface area contributed by atoms with Gasteiger partial charge in [-0.1, -0.05) is 12.1 Å². The molecule has 0 aliphatic carbocycles. The van der Waals surface area contributed by atoms with Gasteiger partial charge in [0.2, 0.25) is 0 Å². The third-order valence-electron chi connectivity index (χ3n) is 3.33. The molecule has 0 fully saturated rings. The fraction of sp³-hybridized carbons (Fsp3) is 0.133. The zero-order chi connectivity index (χ0) is 17.1. The summed E-state index contributed by atoms with van der Waals surface area (Å²) in [6, 6.07) is 8.63. The summed E-state index contributed by atoms with van der Waals surface area (Å²) in [7, 11) is 0. The van der Waals surface area contributed by atoms with E-state index in [4.69, 9.17) is 5.26 Å². The van der Waals surface area contributed by atoms with Gasteiger partial charge in [-0.15, -0.1) is 0 Å². The van der Waals surface area contributed by atoms with Crippen molar-refractivity contribution in [3.8, 4) is 17.3 Å². The van der Waals surface area contributed by atoms with E-state index in [1.807, 2.05) is 0 Å². The van der Waals surface area contributed by atoms with Crippen LogP contribution >= 0.6 is 0 Å². The second-order valence-electron chi connectivity index (χ2n) is 4.74. The maximum absolute atomic E-state index is 12.3. The van der Waals surface area contributed by atoms with Gasteiger partial charge in [-0.25, -0.2) is 4.79 Å². The van der Waals surface area contributed by atoms with Crippen molar-refractivity contribution in [1.29, 1.82) is 5.26 Å². The summed E-state index contributed by atoms with van der Waals surface area (Å²) in [6.07, 6.45) is 0. The van der Waals surface area contributed by atoms with E-state index in [-0.39, 0.29) is 16.9 Å². The maximum atomic E-state index is 12.3. The molecule has 1 aromatic carbocycles. The van der Waals surface area contributed by atoms with Crippen LogP contribution in [0.25, 0.3) is 11.3 Å². The quantitative estimate of drug-likeness (QED) is 0.679. The van der Waals surface area contributed by atoms with Crippen LogP contribution in [0.5, 0.6) is 0 Å². The highest BCUT2D eigenvalue weighted by molar-refractivity contribution is 5.73. The van der Waals surface area contributed by atoms with Crippen molar-refractivity contribution in [3.05, 3.63) is 62.4 Å². The fourth-order valence-electron chi connectivity index (χ4n) is 2.15. The summed E-state index contributed by atoms with van der Waals surface area (Å²) in [5.41, 5.74) is -0.644. The van der Waals surface area contributed by atoms with E-state index in [9.17, 15) is 24.8 Å². The normalized spacial score (nSPS) is 11.5. The Kier molecular flexibility index (Phi) is 4.23. The number of nitro benzene ring substituents is 1. The SMILES string of the molecule is CC(C(=O)O)n1c(-c2cccc([N+](=O)[O-])c2)ccc(C#N)c1=O. The van der Waals surface area contributed by atoms with Crippen molar-refractivity contribution in [2.24, 2.45) is 0 Å². The summed E-state index contributed by atoms with van der Waals surface area (Å²) in [6.45, 7) is 1.30. The lowest BCUT2D eigenvalue weighted by molar-refractivity contribution is -0.384. The smallest absolute Gasteiger partial charge is 0.326 e. The van der Waals surface area contributed by atoms with Gasteiger partial charge in [-0.3, -0.25) is 19.5 Å². The summed E-state index contributed by atoms with van der Waals surface area (Å²) in [5, 5.41) is 29.0. The number of nitro groups is 1. The minimum absolute atomic E-state index is 0.186. The minimum Gasteiger partial charge on any atom is -0.480 e. The molecule has 0 bridgehead atoms. The minimum atomic E-state index is -1.26. The molecule has 0 spiro atoms. The van der Waals surface area contributed by atoms with Gasteiger partial charge in [0.05, 0.1) is 10.6 Å². The Morgan fingerprint density at radius 3 is 2.65 bits per heavy atom. The predicted octanol–water partition coefficient (Wildman–Crippen LogP) is 1.94. The standard InChI is InChI=1S/C15H11N3O5/c1-9(15(20)21)17-13(6-5-11(8-16)14(17)19)10-3-2-4-12(7-10)18(22)23/h2-7,9H,1H3,(H,20,21). The third-order valence-corrected chi connectivity index (χ3v) is 3.33. The number of aliphatic carboxylic acids is 1. The molecule has 1 N–H and O–H groups in total. The third kappa shape index (κ3) is 2.94. The average Bonchev–Trinajstić information content (AvgIpc) is 2.53. The Bertz CT molecular complexity index is 895. The van der Waals surface area contributed by atoms with E-state index in [1.54, 1.807) is 6.07 Å². The zero-order valence-corrected chi connectivity index (χ0v) is 12.0. The molecular formula is C15H11N3O5. The maximum Gasteiger partial charge on any atom is 0.326 e. The van der Waals surface area contributed by atoms with E-state index in [0.29, 0.717) is 5.56 Å². The molecule has 1 atom stereocenters. The second kappa shape index (κ2) is 6.11. The van der Waals surface area contributed by atoms with E-state index < -0.39 is 22.5 Å². The first-order chi connectivity index (χ1) is 10.9. The van der Waals surface area contributed by atoms with E-state index in [0.717, 1.165) is 4.57 Å². The van der Waals surface area contributed by atoms with Gasteiger partial charge >= 0.3 is 5.97 Å². The molecule has 8 nitrogen and oxygen atoms in total. The number of hydrogen-bond acceptors (Lipinski definition) is 5. The number of nitriles is 1. The lowest BCUT2D eigenvalue weighted by atomic mass is 10.1. The largest absolute Gasteiger partial charge is 0.480 e. The summed E-state index contributed by atoms with van der Waals surface area (Å²) in [5.74, 6) is -1.26. The number of benzene rings is 1. The molecule has 116 valence electrons. The number of aromatic nitrogens is 1. The van der Waals surface area contributed by atoms with Gasteiger partial charge in [0, 0.05) is 17.7 Å². The van der Waals surface area contributed by atoms with Gasteiger partial charge in [0.1, 0.15) is 17.7 Å². The van der Waals surface area contributed by atoms with Crippen LogP contribution in [0.15, 0.2) is 41.2 Å². The zero-order valence-electron chi connectivity index (χ0n) is 12.0. The predicted molar refractivity (Wildman–Crippen MR) is 79.9 cm³/mol. The first-order valence-corrected chi connectivity index (χ1v) is 6.50. The summed E-state index contributed by atoms with van der Waals surface area (Å²) >= 11 is 0. The number of hydrogen-bond donors (Lipinski definition) is 1. The van der Waals surface area contributed by atoms with Crippen molar-refractivity contribution in [3.63, 3.8) is 0 Å². The molecule has 1 heterocycles. The van der Waals surface area contributed by atoms with Crippen molar-refractivity contribution in [1.82, 2.24) is 4.57 Å². The highest BCUT2D eigenvalue weighted by Gasteiger charge is 2.21. The topological polar surface area (TPSA) is 126 Å². The fourth-order valence-corrected chi connectivity index (χ4v) is 2.15. The van der Waals surface area contributed by atoms with Crippen molar-refractivity contribution >= 4 is 11.7 Å². The van der Waals surface area contributed by atoms with E-state index >= 15 is 0 Å². The number of carboxylic acid groups (broad SMARTS) is 1. The van der Waals surface area contributed by atoms with Crippen LogP contribution in [0.4, 0.5) is 5.69 Å². The molecule has 0 saturated carbocycles. The van der Waals surface area contributed by atoms with Crippen LogP contribution in [0.2, 0.25) is 0 Å². The van der Waals surface area contributed by atoms with Crippen molar-refractivity contribution in [2.45, 2.75) is 13.0 Å². The molecule has 0 aliphatic rings. The van der Waals surface area contributed by atoms with E-state index in [2.05, 4.69) is 0 Å². The Morgan fingerprint density at radius 2 is 2.09 bits per heavy atom. The monoisotopic (exact) mass is 313 g/mol. The molecule has 0 amide bonds. The molecule has 0 aliphatic heterocycles. The van der Waals surface area contributed by atoms with Crippen LogP contribution < -0.4 is 5.56 Å². The van der Waals surface area contributed by atoms with Crippen LogP contribution in [-0.4, -0.2) is 20.6 Å². The average molecular weight is 313 g/mol. The lowest BCUT2D eigenvalue weighted by Crippen LogP contribution is -2.30. The highest BCUT2D eigenvalue weighted by Crippen LogP contribution is 2.25. The number of non-ortho nitro benzene ring substituents is 1. The first-order valence-electron chi connectivity index (χ1n) is 6.50. The molecule has 2 rings (SSSR count). The van der Waals surface area contributed by atoms with Crippen LogP contribution in [0.3, 0.4) is 0 Å². The van der Waals surface area contributed by atoms with E-state index in [1.165, 1.54) is 43.3 Å². The number of carbonyl (C=O) groups is 1. The van der Waals surface area contributed by atoms with Gasteiger partial charge in [-0.2, -0.15) is 5.26 Å². The highest BCUT2D eigenvalue weighted by atomic mass is 16.6. The molecule has 0 radical (unpaired) electrons. The number of rotatable bonds is 4. The van der Waals surface area contributed by atoms with Gasteiger partial charge in [0.25, 0.3) is 11.2 Å². The summed E-state index contributed by atoms with van der Waals surface area (Å²) in [4.78, 5) is 33.9. The molecule has 1 unspecified atom stereocenters. The van der Waals surface area contributed by atoms with Crippen molar-refractivity contribution < 1.29 is 14.8 Å². The molecule has 1 aromatic heterocycles. The Balaban J connectivity index is 2.77. The molecular weight excluding hydrogens is 302 g/mol. The van der Waals surface area contributed by atoms with Crippen LogP contribution in [0, 0.1) is 21.4 Å². The number of pyridine rings is 1.